The van der Waals surface area contributed by atoms with Crippen molar-refractivity contribution in [3.05, 3.63) is 0 Å². The first-order valence-electron chi connectivity index (χ1n) is 18.3. The van der Waals surface area contributed by atoms with E-state index in [1.54, 1.807) is 0 Å². The number of carbonyl (C=O) groups is 1. The molecule has 1 rings (SSSR count). The summed E-state index contributed by atoms with van der Waals surface area (Å²) in [6, 6.07) is 0. The molecule has 0 N–H and O–H groups in total. The number of hydrogen-bond acceptors (Lipinski definition) is 12. The molecule has 0 amide bonds. The van der Waals surface area contributed by atoms with Crippen molar-refractivity contribution in [3.63, 3.8) is 0 Å². The zero-order chi connectivity index (χ0) is 33.6. The minimum absolute atomic E-state index is 0.0663. The van der Waals surface area contributed by atoms with Gasteiger partial charge in [-0.3, -0.25) is 4.79 Å². The predicted molar refractivity (Wildman–Crippen MR) is 179 cm³/mol. The van der Waals surface area contributed by atoms with Crippen LogP contribution in [0.25, 0.3) is 0 Å². The second-order valence-corrected chi connectivity index (χ2v) is 11.4. The summed E-state index contributed by atoms with van der Waals surface area (Å²) in [4.78, 5) is 11.8. The van der Waals surface area contributed by atoms with E-state index in [2.05, 4.69) is 6.92 Å². The minimum atomic E-state index is -0.134. The van der Waals surface area contributed by atoms with Gasteiger partial charge in [-0.2, -0.15) is 0 Å². The summed E-state index contributed by atoms with van der Waals surface area (Å²) in [6.45, 7) is 11.9. The van der Waals surface area contributed by atoms with Gasteiger partial charge >= 0.3 is 5.97 Å². The molecule has 1 aliphatic rings. The Hall–Kier alpha value is -0.930. The SMILES string of the molecule is CCCCCCCCCCCC(=O)OCCOCCOCCOCCOCCOCCOCCOCCOCCOC1CCCCO1. The summed E-state index contributed by atoms with van der Waals surface area (Å²) in [7, 11) is 0. The summed E-state index contributed by atoms with van der Waals surface area (Å²) in [5, 5.41) is 0. The van der Waals surface area contributed by atoms with Crippen LogP contribution in [0.3, 0.4) is 0 Å². The molecule has 1 aliphatic heterocycles. The minimum Gasteiger partial charge on any atom is -0.463 e. The lowest BCUT2D eigenvalue weighted by molar-refractivity contribution is -0.169. The molecule has 0 bridgehead atoms. The van der Waals surface area contributed by atoms with Crippen LogP contribution in [0.2, 0.25) is 0 Å². The average molecular weight is 681 g/mol. The van der Waals surface area contributed by atoms with Crippen LogP contribution in [0.5, 0.6) is 0 Å². The molecule has 1 atom stereocenters. The molecule has 1 saturated heterocycles. The van der Waals surface area contributed by atoms with Crippen LogP contribution in [-0.2, 0) is 56.9 Å². The van der Waals surface area contributed by atoms with E-state index in [0.29, 0.717) is 125 Å². The van der Waals surface area contributed by atoms with E-state index >= 15 is 0 Å². The topological polar surface area (TPSA) is 119 Å². The molecule has 280 valence electrons. The Morgan fingerprint density at radius 2 is 0.872 bits per heavy atom. The molecule has 1 fully saturated rings. The van der Waals surface area contributed by atoms with Crippen molar-refractivity contribution in [2.75, 3.05) is 126 Å². The Kier molecular flexibility index (Phi) is 35.5. The van der Waals surface area contributed by atoms with Crippen molar-refractivity contribution in [1.82, 2.24) is 0 Å². The van der Waals surface area contributed by atoms with Gasteiger partial charge in [0, 0.05) is 13.0 Å². The summed E-state index contributed by atoms with van der Waals surface area (Å²) in [5.74, 6) is -0.134. The van der Waals surface area contributed by atoms with Crippen LogP contribution in [0, 0.1) is 0 Å². The van der Waals surface area contributed by atoms with Gasteiger partial charge in [0.1, 0.15) is 6.61 Å². The Bertz CT molecular complexity index is 621. The molecule has 0 aromatic heterocycles. The van der Waals surface area contributed by atoms with Gasteiger partial charge in [0.2, 0.25) is 0 Å². The first-order valence-corrected chi connectivity index (χ1v) is 18.3. The number of unbranched alkanes of at least 4 members (excludes halogenated alkanes) is 8. The standard InChI is InChI=1S/C35H68O12/c1-2-3-4-5-6-7-8-9-10-13-34(36)45-32-30-43-28-26-41-24-22-39-20-18-37-16-17-38-19-21-40-23-25-42-27-29-44-31-33-47-35-14-11-12-15-46-35/h35H,2-33H2,1H3. The second kappa shape index (κ2) is 37.9. The van der Waals surface area contributed by atoms with Crippen molar-refractivity contribution in [3.8, 4) is 0 Å². The lowest BCUT2D eigenvalue weighted by Crippen LogP contribution is -2.24. The Morgan fingerprint density at radius 1 is 0.489 bits per heavy atom. The molecule has 0 aliphatic carbocycles. The van der Waals surface area contributed by atoms with Gasteiger partial charge < -0.3 is 52.1 Å². The van der Waals surface area contributed by atoms with Crippen molar-refractivity contribution < 1.29 is 56.9 Å². The normalized spacial score (nSPS) is 15.0. The van der Waals surface area contributed by atoms with Crippen LogP contribution < -0.4 is 0 Å². The maximum absolute atomic E-state index is 11.8. The highest BCUT2D eigenvalue weighted by Gasteiger charge is 2.13. The van der Waals surface area contributed by atoms with Gasteiger partial charge in [-0.25, -0.2) is 0 Å². The lowest BCUT2D eigenvalue weighted by atomic mass is 10.1. The molecular weight excluding hydrogens is 612 g/mol. The summed E-state index contributed by atoms with van der Waals surface area (Å²) >= 11 is 0. The van der Waals surface area contributed by atoms with E-state index < -0.39 is 0 Å². The second-order valence-electron chi connectivity index (χ2n) is 11.4. The van der Waals surface area contributed by atoms with Gasteiger partial charge in [0.25, 0.3) is 0 Å². The van der Waals surface area contributed by atoms with Crippen molar-refractivity contribution >= 4 is 5.97 Å². The smallest absolute Gasteiger partial charge is 0.305 e. The van der Waals surface area contributed by atoms with Gasteiger partial charge in [-0.15, -0.1) is 0 Å². The molecular formula is C35H68O12. The number of ether oxygens (including phenoxy) is 11. The van der Waals surface area contributed by atoms with Gasteiger partial charge in [0.15, 0.2) is 6.29 Å². The summed E-state index contributed by atoms with van der Waals surface area (Å²) in [5.41, 5.74) is 0. The molecule has 12 nitrogen and oxygen atoms in total. The summed E-state index contributed by atoms with van der Waals surface area (Å²) < 4.78 is 60.2. The van der Waals surface area contributed by atoms with Gasteiger partial charge in [-0.05, 0) is 25.7 Å². The van der Waals surface area contributed by atoms with Crippen LogP contribution >= 0.6 is 0 Å². The molecule has 0 aromatic carbocycles. The highest BCUT2D eigenvalue weighted by Crippen LogP contribution is 2.13. The fourth-order valence-electron chi connectivity index (χ4n) is 4.59. The highest BCUT2D eigenvalue weighted by molar-refractivity contribution is 5.69. The van der Waals surface area contributed by atoms with E-state index in [1.807, 2.05) is 0 Å². The van der Waals surface area contributed by atoms with E-state index in [9.17, 15) is 4.79 Å². The largest absolute Gasteiger partial charge is 0.463 e. The maximum Gasteiger partial charge on any atom is 0.305 e. The van der Waals surface area contributed by atoms with E-state index in [1.165, 1.54) is 51.4 Å². The van der Waals surface area contributed by atoms with Gasteiger partial charge in [-0.1, -0.05) is 58.3 Å². The van der Waals surface area contributed by atoms with Crippen molar-refractivity contribution in [1.29, 1.82) is 0 Å². The Balaban J connectivity index is 1.63. The highest BCUT2D eigenvalue weighted by atomic mass is 16.7. The average Bonchev–Trinajstić information content (AvgIpc) is 3.09. The zero-order valence-electron chi connectivity index (χ0n) is 29.6. The Labute approximate surface area is 285 Å². The number of carbonyl (C=O) groups excluding carboxylic acids is 1. The van der Waals surface area contributed by atoms with Gasteiger partial charge in [0.05, 0.1) is 112 Å². The third-order valence-corrected chi connectivity index (χ3v) is 7.25. The summed E-state index contributed by atoms with van der Waals surface area (Å²) in [6.07, 6.45) is 14.8. The molecule has 0 spiro atoms. The molecule has 12 heteroatoms. The molecule has 0 aromatic rings. The van der Waals surface area contributed by atoms with Crippen LogP contribution in [0.4, 0.5) is 0 Å². The monoisotopic (exact) mass is 680 g/mol. The molecule has 0 radical (unpaired) electrons. The maximum atomic E-state index is 11.8. The van der Waals surface area contributed by atoms with Crippen LogP contribution in [-0.4, -0.2) is 138 Å². The molecule has 0 saturated carbocycles. The third-order valence-electron chi connectivity index (χ3n) is 7.25. The quantitative estimate of drug-likeness (QED) is 0.0636. The fraction of sp³-hybridized carbons (Fsp3) is 0.971. The molecule has 47 heavy (non-hydrogen) atoms. The Morgan fingerprint density at radius 3 is 1.28 bits per heavy atom. The van der Waals surface area contributed by atoms with Crippen LogP contribution in [0.1, 0.15) is 90.4 Å². The van der Waals surface area contributed by atoms with Crippen molar-refractivity contribution in [2.45, 2.75) is 96.7 Å². The lowest BCUT2D eigenvalue weighted by Gasteiger charge is -2.22. The first-order chi connectivity index (χ1) is 23.3. The third kappa shape index (κ3) is 34.7. The fourth-order valence-corrected chi connectivity index (χ4v) is 4.59. The van der Waals surface area contributed by atoms with E-state index in [0.717, 1.165) is 32.3 Å². The number of esters is 1. The predicted octanol–water partition coefficient (Wildman–Crippen LogP) is 5.13. The number of hydrogen-bond donors (Lipinski definition) is 0. The van der Waals surface area contributed by atoms with Crippen LogP contribution in [0.15, 0.2) is 0 Å². The molecule has 1 heterocycles. The van der Waals surface area contributed by atoms with Crippen molar-refractivity contribution in [2.24, 2.45) is 0 Å². The molecule has 1 unspecified atom stereocenters. The first kappa shape index (κ1) is 44.1. The van der Waals surface area contributed by atoms with E-state index in [-0.39, 0.29) is 12.3 Å². The van der Waals surface area contributed by atoms with E-state index in [4.69, 9.17) is 52.1 Å². The zero-order valence-corrected chi connectivity index (χ0v) is 29.6. The number of rotatable bonds is 38.